The van der Waals surface area contributed by atoms with E-state index >= 15 is 0 Å². The highest BCUT2D eigenvalue weighted by atomic mass is 16.5. The van der Waals surface area contributed by atoms with E-state index in [1.54, 1.807) is 4.90 Å². The number of hydrogen-bond donors (Lipinski definition) is 4. The largest absolute Gasteiger partial charge is 0.478 e. The van der Waals surface area contributed by atoms with Crippen LogP contribution in [0.15, 0.2) is 42.5 Å². The summed E-state index contributed by atoms with van der Waals surface area (Å²) in [4.78, 5) is 38.3. The maximum Gasteiger partial charge on any atom is 0.328 e. The predicted octanol–water partition coefficient (Wildman–Crippen LogP) is 0.894. The van der Waals surface area contributed by atoms with Crippen molar-refractivity contribution in [2.24, 2.45) is 5.73 Å². The lowest BCUT2D eigenvalue weighted by Crippen LogP contribution is -2.55. The van der Waals surface area contributed by atoms with Crippen molar-refractivity contribution in [3.8, 4) is 0 Å². The molecule has 31 heavy (non-hydrogen) atoms. The number of aliphatic carboxylic acids is 1. The third kappa shape index (κ3) is 9.18. The number of carboxylic acids is 1. The molecule has 9 nitrogen and oxygen atoms in total. The van der Waals surface area contributed by atoms with Crippen molar-refractivity contribution in [2.75, 3.05) is 32.8 Å². The Balaban J connectivity index is 2.09. The molecule has 1 aliphatic heterocycles. The van der Waals surface area contributed by atoms with Crippen molar-refractivity contribution >= 4 is 17.9 Å². The van der Waals surface area contributed by atoms with Crippen LogP contribution >= 0.6 is 0 Å². The van der Waals surface area contributed by atoms with Gasteiger partial charge in [0.1, 0.15) is 6.04 Å². The molecule has 1 unspecified atom stereocenters. The quantitative estimate of drug-likeness (QED) is 0.303. The summed E-state index contributed by atoms with van der Waals surface area (Å²) in [5.41, 5.74) is 6.45. The number of unbranched alkanes of at least 4 members (excludes halogenated alkanes) is 1. The molecule has 1 aliphatic rings. The fourth-order valence-corrected chi connectivity index (χ4v) is 3.27. The molecule has 0 aromatic heterocycles. The second kappa shape index (κ2) is 13.4. The number of ether oxygens (including phenoxy) is 1. The lowest BCUT2D eigenvalue weighted by atomic mass is 10.0. The van der Waals surface area contributed by atoms with Gasteiger partial charge in [0.05, 0.1) is 13.2 Å². The van der Waals surface area contributed by atoms with Gasteiger partial charge >= 0.3 is 12.0 Å². The first-order chi connectivity index (χ1) is 15.0. The number of carboxylic acid groups (broad SMARTS) is 1. The molecular formula is C22H32N4O5. The molecule has 0 radical (unpaired) electrons. The number of hydrogen-bond acceptors (Lipinski definition) is 5. The lowest BCUT2D eigenvalue weighted by Gasteiger charge is -2.29. The van der Waals surface area contributed by atoms with Crippen LogP contribution in [0, 0.1) is 0 Å². The van der Waals surface area contributed by atoms with E-state index in [-0.39, 0.29) is 11.9 Å². The molecular weight excluding hydrogens is 400 g/mol. The number of nitrogens with two attached hydrogens (primary N) is 1. The zero-order valence-electron chi connectivity index (χ0n) is 17.7. The Bertz CT molecular complexity index is 735. The number of urea groups is 1. The summed E-state index contributed by atoms with van der Waals surface area (Å²) in [6.45, 7) is 2.39. The summed E-state index contributed by atoms with van der Waals surface area (Å²) >= 11 is 0. The minimum atomic E-state index is -1.08. The van der Waals surface area contributed by atoms with Gasteiger partial charge in [0.25, 0.3) is 0 Å². The van der Waals surface area contributed by atoms with Crippen LogP contribution in [-0.4, -0.2) is 72.8 Å². The molecule has 170 valence electrons. The molecule has 1 aromatic rings. The third-order valence-electron chi connectivity index (χ3n) is 4.96. The number of morpholine rings is 1. The second-order valence-corrected chi connectivity index (χ2v) is 7.39. The van der Waals surface area contributed by atoms with E-state index in [1.165, 1.54) is 6.08 Å². The number of carbonyl (C=O) groups excluding carboxylic acids is 2. The van der Waals surface area contributed by atoms with Gasteiger partial charge in [-0.1, -0.05) is 36.4 Å². The molecule has 3 amide bonds. The summed E-state index contributed by atoms with van der Waals surface area (Å²) in [7, 11) is 0. The molecule has 2 atom stereocenters. The molecule has 0 bridgehead atoms. The van der Waals surface area contributed by atoms with Gasteiger partial charge in [-0.2, -0.15) is 0 Å². The van der Waals surface area contributed by atoms with E-state index < -0.39 is 18.1 Å². The van der Waals surface area contributed by atoms with E-state index in [4.69, 9.17) is 15.6 Å². The summed E-state index contributed by atoms with van der Waals surface area (Å²) in [5, 5.41) is 14.6. The molecule has 0 spiro atoms. The highest BCUT2D eigenvalue weighted by Crippen LogP contribution is 2.08. The van der Waals surface area contributed by atoms with Crippen molar-refractivity contribution in [2.45, 2.75) is 37.8 Å². The van der Waals surface area contributed by atoms with Crippen LogP contribution in [0.5, 0.6) is 0 Å². The van der Waals surface area contributed by atoms with Crippen LogP contribution in [-0.2, 0) is 20.7 Å². The highest BCUT2D eigenvalue weighted by Gasteiger charge is 2.26. The number of amides is 3. The van der Waals surface area contributed by atoms with Crippen LogP contribution in [0.3, 0.4) is 0 Å². The first kappa shape index (κ1) is 24.4. The molecule has 0 aliphatic carbocycles. The number of rotatable bonds is 11. The van der Waals surface area contributed by atoms with Crippen molar-refractivity contribution in [1.29, 1.82) is 0 Å². The van der Waals surface area contributed by atoms with E-state index in [9.17, 15) is 14.4 Å². The average Bonchev–Trinajstić information content (AvgIpc) is 2.78. The lowest BCUT2D eigenvalue weighted by molar-refractivity contribution is -0.131. The van der Waals surface area contributed by atoms with E-state index in [2.05, 4.69) is 10.6 Å². The van der Waals surface area contributed by atoms with Gasteiger partial charge < -0.3 is 31.1 Å². The Labute approximate surface area is 182 Å². The number of nitrogens with zero attached hydrogens (tertiary/aromatic N) is 1. The van der Waals surface area contributed by atoms with Crippen molar-refractivity contribution in [3.05, 3.63) is 48.0 Å². The fourth-order valence-electron chi connectivity index (χ4n) is 3.27. The predicted molar refractivity (Wildman–Crippen MR) is 116 cm³/mol. The maximum absolute atomic E-state index is 13.1. The normalized spacial score (nSPS) is 16.0. The number of benzene rings is 1. The van der Waals surface area contributed by atoms with Crippen molar-refractivity contribution < 1.29 is 24.2 Å². The Hall–Kier alpha value is -2.91. The first-order valence-corrected chi connectivity index (χ1v) is 10.6. The topological polar surface area (TPSA) is 134 Å². The van der Waals surface area contributed by atoms with E-state index in [1.807, 2.05) is 30.3 Å². The molecule has 0 saturated carbocycles. The fraction of sp³-hybridized carbons (Fsp3) is 0.500. The van der Waals surface area contributed by atoms with Crippen LogP contribution < -0.4 is 16.4 Å². The molecule has 2 rings (SSSR count). The SMILES string of the molecule is NCCCCC(C=CC(=O)O)NC(=O)[C@H](Cc1ccccc1)NC(=O)N1CCOCC1. The smallest absolute Gasteiger partial charge is 0.328 e. The Morgan fingerprint density at radius 2 is 1.84 bits per heavy atom. The molecule has 1 heterocycles. The van der Waals surface area contributed by atoms with Gasteiger partial charge in [-0.25, -0.2) is 9.59 Å². The van der Waals surface area contributed by atoms with Crippen molar-refractivity contribution in [1.82, 2.24) is 15.5 Å². The van der Waals surface area contributed by atoms with E-state index in [0.29, 0.717) is 45.7 Å². The number of nitrogens with one attached hydrogen (secondary N) is 2. The zero-order valence-corrected chi connectivity index (χ0v) is 17.7. The average molecular weight is 433 g/mol. The van der Waals surface area contributed by atoms with Crippen LogP contribution in [0.1, 0.15) is 24.8 Å². The molecule has 5 N–H and O–H groups in total. The van der Waals surface area contributed by atoms with Gasteiger partial charge in [0.2, 0.25) is 5.91 Å². The van der Waals surface area contributed by atoms with Crippen LogP contribution in [0.4, 0.5) is 4.79 Å². The van der Waals surface area contributed by atoms with Gasteiger partial charge in [-0.3, -0.25) is 4.79 Å². The Morgan fingerprint density at radius 1 is 1.13 bits per heavy atom. The minimum absolute atomic E-state index is 0.319. The van der Waals surface area contributed by atoms with Crippen LogP contribution in [0.25, 0.3) is 0 Å². The maximum atomic E-state index is 13.1. The molecule has 1 saturated heterocycles. The third-order valence-corrected chi connectivity index (χ3v) is 4.96. The molecule has 9 heteroatoms. The first-order valence-electron chi connectivity index (χ1n) is 10.6. The summed E-state index contributed by atoms with van der Waals surface area (Å²) in [6, 6.07) is 7.84. The standard InChI is InChI=1S/C22H32N4O5/c23-11-5-4-8-18(9-10-20(27)28)24-21(29)19(16-17-6-2-1-3-7-17)25-22(30)26-12-14-31-15-13-26/h1-3,6-7,9-10,18-19H,4-5,8,11-16,23H2,(H,24,29)(H,25,30)(H,27,28)/t18?,19-/m0/s1. The molecule has 1 aromatic carbocycles. The zero-order chi connectivity index (χ0) is 22.5. The van der Waals surface area contributed by atoms with Gasteiger partial charge in [0.15, 0.2) is 0 Å². The van der Waals surface area contributed by atoms with Crippen molar-refractivity contribution in [3.63, 3.8) is 0 Å². The summed E-state index contributed by atoms with van der Waals surface area (Å²) in [6.07, 6.45) is 4.87. The van der Waals surface area contributed by atoms with Gasteiger partial charge in [0, 0.05) is 31.6 Å². The molecule has 1 fully saturated rings. The van der Waals surface area contributed by atoms with Crippen LogP contribution in [0.2, 0.25) is 0 Å². The Kier molecular flexibility index (Phi) is 10.5. The summed E-state index contributed by atoms with van der Waals surface area (Å²) in [5.74, 6) is -1.45. The van der Waals surface area contributed by atoms with E-state index in [0.717, 1.165) is 24.5 Å². The minimum Gasteiger partial charge on any atom is -0.478 e. The van der Waals surface area contributed by atoms with Gasteiger partial charge in [-0.05, 0) is 31.4 Å². The number of carbonyl (C=O) groups is 3. The summed E-state index contributed by atoms with van der Waals surface area (Å²) < 4.78 is 5.28. The second-order valence-electron chi connectivity index (χ2n) is 7.39. The van der Waals surface area contributed by atoms with Gasteiger partial charge in [-0.15, -0.1) is 0 Å². The monoisotopic (exact) mass is 432 g/mol. The Morgan fingerprint density at radius 3 is 2.48 bits per heavy atom. The highest BCUT2D eigenvalue weighted by molar-refractivity contribution is 5.88.